The monoisotopic (exact) mass is 417 g/mol. The maximum Gasteiger partial charge on any atom is 0.586 e. The van der Waals surface area contributed by atoms with E-state index < -0.39 is 12.3 Å². The largest absolute Gasteiger partial charge is 0.586 e. The number of ether oxygens (including phenoxy) is 2. The fourth-order valence-electron chi connectivity index (χ4n) is 2.94. The minimum atomic E-state index is -3.68. The lowest BCUT2D eigenvalue weighted by Crippen LogP contribution is -2.26. The van der Waals surface area contributed by atoms with Crippen LogP contribution in [0, 0.1) is 6.92 Å². The molecule has 6 nitrogen and oxygen atoms in total. The van der Waals surface area contributed by atoms with Gasteiger partial charge in [0.15, 0.2) is 16.3 Å². The molecular weight excluding hydrogens is 400 g/mol. The number of aromatic nitrogens is 1. The van der Waals surface area contributed by atoms with Crippen molar-refractivity contribution >= 4 is 17.4 Å². The molecule has 1 aromatic heterocycles. The number of fused-ring (bicyclic) bond motifs is 1. The molecule has 0 spiro atoms. The predicted molar refractivity (Wildman–Crippen MR) is 104 cm³/mol. The SMILES string of the molecule is Cc1cn(-c2ccc3c(c2)OC(F)(F)O3)/c(=N/C(=O)N[C@H](C)c2ccccc2)s1. The summed E-state index contributed by atoms with van der Waals surface area (Å²) >= 11 is 1.31. The first-order valence-electron chi connectivity index (χ1n) is 8.80. The molecule has 0 radical (unpaired) electrons. The molecule has 0 fully saturated rings. The van der Waals surface area contributed by atoms with E-state index in [1.165, 1.54) is 23.5 Å². The summed E-state index contributed by atoms with van der Waals surface area (Å²) in [6, 6.07) is 13.2. The van der Waals surface area contributed by atoms with E-state index in [1.807, 2.05) is 44.2 Å². The van der Waals surface area contributed by atoms with Gasteiger partial charge in [-0.15, -0.1) is 20.1 Å². The van der Waals surface area contributed by atoms with Gasteiger partial charge in [0.2, 0.25) is 0 Å². The second kappa shape index (κ2) is 7.32. The lowest BCUT2D eigenvalue weighted by atomic mass is 10.1. The molecule has 0 unspecified atom stereocenters. The van der Waals surface area contributed by atoms with Gasteiger partial charge in [-0.3, -0.25) is 4.57 Å². The number of nitrogens with one attached hydrogen (secondary N) is 1. The Morgan fingerprint density at radius 1 is 1.17 bits per heavy atom. The van der Waals surface area contributed by atoms with Gasteiger partial charge < -0.3 is 14.8 Å². The van der Waals surface area contributed by atoms with Crippen LogP contribution in [0.4, 0.5) is 13.6 Å². The number of alkyl halides is 2. The van der Waals surface area contributed by atoms with Crippen LogP contribution in [0.2, 0.25) is 0 Å². The number of rotatable bonds is 3. The molecule has 1 atom stereocenters. The number of hydrogen-bond acceptors (Lipinski definition) is 4. The van der Waals surface area contributed by atoms with Crippen molar-refractivity contribution in [2.75, 3.05) is 0 Å². The minimum absolute atomic E-state index is 0.0424. The maximum absolute atomic E-state index is 13.3. The highest BCUT2D eigenvalue weighted by molar-refractivity contribution is 7.09. The van der Waals surface area contributed by atoms with Gasteiger partial charge in [-0.05, 0) is 31.5 Å². The van der Waals surface area contributed by atoms with Gasteiger partial charge in [0.25, 0.3) is 0 Å². The van der Waals surface area contributed by atoms with E-state index in [1.54, 1.807) is 16.8 Å². The molecule has 2 amide bonds. The van der Waals surface area contributed by atoms with Gasteiger partial charge in [-0.1, -0.05) is 30.3 Å². The third kappa shape index (κ3) is 4.14. The predicted octanol–water partition coefficient (Wildman–Crippen LogP) is 4.54. The van der Waals surface area contributed by atoms with E-state index in [0.29, 0.717) is 10.5 Å². The maximum atomic E-state index is 13.3. The van der Waals surface area contributed by atoms with Crippen LogP contribution in [-0.2, 0) is 0 Å². The van der Waals surface area contributed by atoms with E-state index in [9.17, 15) is 13.6 Å². The van der Waals surface area contributed by atoms with Crippen LogP contribution >= 0.6 is 11.3 Å². The summed E-state index contributed by atoms with van der Waals surface area (Å²) in [5, 5.41) is 2.83. The normalized spacial score (nSPS) is 15.9. The molecule has 0 aliphatic carbocycles. The lowest BCUT2D eigenvalue weighted by molar-refractivity contribution is -0.286. The molecule has 3 aromatic rings. The average Bonchev–Trinajstić information content (AvgIpc) is 3.18. The third-order valence-electron chi connectivity index (χ3n) is 4.27. The molecule has 0 bridgehead atoms. The highest BCUT2D eigenvalue weighted by Crippen LogP contribution is 2.41. The fourth-order valence-corrected chi connectivity index (χ4v) is 3.77. The van der Waals surface area contributed by atoms with Crippen molar-refractivity contribution in [2.45, 2.75) is 26.2 Å². The number of thiazole rings is 1. The van der Waals surface area contributed by atoms with Crippen molar-refractivity contribution in [1.29, 1.82) is 0 Å². The molecule has 1 aliphatic rings. The van der Waals surface area contributed by atoms with Gasteiger partial charge in [0, 0.05) is 17.1 Å². The van der Waals surface area contributed by atoms with Crippen molar-refractivity contribution in [2.24, 2.45) is 4.99 Å². The molecular formula is C20H17F2N3O3S. The Morgan fingerprint density at radius 3 is 2.66 bits per heavy atom. The van der Waals surface area contributed by atoms with Crippen LogP contribution in [0.25, 0.3) is 5.69 Å². The Bertz CT molecular complexity index is 1130. The zero-order valence-electron chi connectivity index (χ0n) is 15.6. The van der Waals surface area contributed by atoms with Gasteiger partial charge in [-0.2, -0.15) is 4.99 Å². The van der Waals surface area contributed by atoms with Crippen LogP contribution in [0.15, 0.2) is 59.7 Å². The van der Waals surface area contributed by atoms with Gasteiger partial charge >= 0.3 is 12.3 Å². The summed E-state index contributed by atoms with van der Waals surface area (Å²) in [6.07, 6.45) is -1.91. The summed E-state index contributed by atoms with van der Waals surface area (Å²) < 4.78 is 37.1. The van der Waals surface area contributed by atoms with Gasteiger partial charge in [0.05, 0.1) is 11.7 Å². The number of urea groups is 1. The zero-order valence-corrected chi connectivity index (χ0v) is 16.4. The van der Waals surface area contributed by atoms with E-state index in [4.69, 9.17) is 0 Å². The molecule has 0 saturated heterocycles. The Kier molecular flexibility index (Phi) is 4.83. The zero-order chi connectivity index (χ0) is 20.6. The molecule has 29 heavy (non-hydrogen) atoms. The van der Waals surface area contributed by atoms with E-state index >= 15 is 0 Å². The first-order valence-corrected chi connectivity index (χ1v) is 9.62. The Balaban J connectivity index is 1.61. The van der Waals surface area contributed by atoms with E-state index in [2.05, 4.69) is 19.8 Å². The van der Waals surface area contributed by atoms with Crippen molar-refractivity contribution in [3.05, 3.63) is 70.0 Å². The molecule has 150 valence electrons. The van der Waals surface area contributed by atoms with Crippen LogP contribution in [-0.4, -0.2) is 16.9 Å². The number of halogens is 2. The molecule has 0 saturated carbocycles. The summed E-state index contributed by atoms with van der Waals surface area (Å²) in [5.74, 6) is -0.115. The fraction of sp³-hybridized carbons (Fsp3) is 0.200. The van der Waals surface area contributed by atoms with Crippen molar-refractivity contribution in [3.8, 4) is 17.2 Å². The molecule has 1 N–H and O–H groups in total. The second-order valence-corrected chi connectivity index (χ2v) is 7.70. The number of carbonyl (C=O) groups excluding carboxylic acids is 1. The van der Waals surface area contributed by atoms with Crippen LogP contribution < -0.4 is 19.6 Å². The summed E-state index contributed by atoms with van der Waals surface area (Å²) in [4.78, 5) is 17.9. The number of hydrogen-bond donors (Lipinski definition) is 1. The molecule has 4 rings (SSSR count). The first-order chi connectivity index (χ1) is 13.8. The standard InChI is InChI=1S/C20H17F2N3O3S/c1-12-11-25(15-8-9-16-17(10-15)28-20(21,22)27-16)19(29-12)24-18(26)23-13(2)14-6-4-3-5-7-14/h3-11,13H,1-2H3,(H,23,26)/b24-19-/t13-/m1/s1. The highest BCUT2D eigenvalue weighted by atomic mass is 32.1. The number of benzene rings is 2. The topological polar surface area (TPSA) is 64.8 Å². The lowest BCUT2D eigenvalue weighted by Gasteiger charge is -2.11. The Morgan fingerprint density at radius 2 is 1.90 bits per heavy atom. The molecule has 1 aliphatic heterocycles. The Hall–Kier alpha value is -3.20. The molecule has 9 heteroatoms. The van der Waals surface area contributed by atoms with Crippen LogP contribution in [0.3, 0.4) is 0 Å². The quantitative estimate of drug-likeness (QED) is 0.681. The molecule has 2 heterocycles. The smallest absolute Gasteiger partial charge is 0.395 e. The van der Waals surface area contributed by atoms with Gasteiger partial charge in [-0.25, -0.2) is 4.79 Å². The Labute approximate surface area is 169 Å². The first kappa shape index (κ1) is 19.1. The number of carbonyl (C=O) groups is 1. The number of aryl methyl sites for hydroxylation is 1. The van der Waals surface area contributed by atoms with Crippen molar-refractivity contribution in [1.82, 2.24) is 9.88 Å². The van der Waals surface area contributed by atoms with E-state index in [0.717, 1.165) is 10.4 Å². The average molecular weight is 417 g/mol. The minimum Gasteiger partial charge on any atom is -0.395 e. The summed E-state index contributed by atoms with van der Waals surface area (Å²) in [6.45, 7) is 3.74. The summed E-state index contributed by atoms with van der Waals surface area (Å²) in [7, 11) is 0. The number of nitrogens with zero attached hydrogens (tertiary/aromatic N) is 2. The highest BCUT2D eigenvalue weighted by Gasteiger charge is 2.43. The number of amides is 2. The van der Waals surface area contributed by atoms with Gasteiger partial charge in [0.1, 0.15) is 0 Å². The van der Waals surface area contributed by atoms with E-state index in [-0.39, 0.29) is 17.5 Å². The summed E-state index contributed by atoms with van der Waals surface area (Å²) in [5.41, 5.74) is 1.49. The van der Waals surface area contributed by atoms with Crippen molar-refractivity contribution in [3.63, 3.8) is 0 Å². The third-order valence-corrected chi connectivity index (χ3v) is 5.17. The van der Waals surface area contributed by atoms with Crippen LogP contribution in [0.1, 0.15) is 23.4 Å². The molecule has 2 aromatic carbocycles. The second-order valence-electron chi connectivity index (χ2n) is 6.49. The van der Waals surface area contributed by atoms with Crippen LogP contribution in [0.5, 0.6) is 11.5 Å². The van der Waals surface area contributed by atoms with Crippen molar-refractivity contribution < 1.29 is 23.0 Å².